The van der Waals surface area contributed by atoms with Gasteiger partial charge in [-0.3, -0.25) is 0 Å². The number of rotatable bonds is 2. The van der Waals surface area contributed by atoms with Crippen molar-refractivity contribution < 1.29 is 9.13 Å². The molecule has 0 N–H and O–H groups in total. The average Bonchev–Trinajstić information content (AvgIpc) is 2.05. The van der Waals surface area contributed by atoms with E-state index in [0.717, 1.165) is 0 Å². The largest absolute Gasteiger partial charge is 0.476 e. The third-order valence-corrected chi connectivity index (χ3v) is 1.41. The molecular formula is C8H5ClFNO. The van der Waals surface area contributed by atoms with Crippen LogP contribution in [0.2, 0.25) is 0 Å². The van der Waals surface area contributed by atoms with Crippen LogP contribution in [-0.4, -0.2) is 6.07 Å². The van der Waals surface area contributed by atoms with Gasteiger partial charge in [0.1, 0.15) is 23.2 Å². The van der Waals surface area contributed by atoms with Crippen molar-refractivity contribution in [3.63, 3.8) is 0 Å². The van der Waals surface area contributed by atoms with Gasteiger partial charge in [0.2, 0.25) is 0 Å². The summed E-state index contributed by atoms with van der Waals surface area (Å²) >= 11 is 5.26. The minimum Gasteiger partial charge on any atom is -0.476 e. The van der Waals surface area contributed by atoms with Crippen molar-refractivity contribution in [2.75, 3.05) is 6.07 Å². The number of nitrogens with zero attached hydrogens (tertiary/aromatic N) is 1. The zero-order valence-electron chi connectivity index (χ0n) is 6.05. The lowest BCUT2D eigenvalue weighted by molar-refractivity contribution is 0.383. The van der Waals surface area contributed by atoms with Gasteiger partial charge >= 0.3 is 0 Å². The number of hydrogen-bond donors (Lipinski definition) is 0. The first-order chi connectivity index (χ1) is 5.79. The van der Waals surface area contributed by atoms with Crippen LogP contribution in [0.5, 0.6) is 5.75 Å². The van der Waals surface area contributed by atoms with Crippen molar-refractivity contribution in [3.05, 3.63) is 29.6 Å². The van der Waals surface area contributed by atoms with Crippen molar-refractivity contribution in [1.82, 2.24) is 0 Å². The smallest absolute Gasteiger partial charge is 0.162 e. The number of nitriles is 1. The second-order valence-electron chi connectivity index (χ2n) is 1.98. The van der Waals surface area contributed by atoms with E-state index in [1.54, 1.807) is 6.07 Å². The lowest BCUT2D eigenvalue weighted by atomic mass is 10.2. The SMILES string of the molecule is N#Cc1c(F)cccc1OCCl. The lowest BCUT2D eigenvalue weighted by Gasteiger charge is -2.03. The number of hydrogen-bond acceptors (Lipinski definition) is 2. The molecule has 0 saturated carbocycles. The van der Waals surface area contributed by atoms with E-state index in [0.29, 0.717) is 0 Å². The van der Waals surface area contributed by atoms with E-state index in [1.165, 1.54) is 18.2 Å². The van der Waals surface area contributed by atoms with Gasteiger partial charge in [-0.2, -0.15) is 5.26 Å². The highest BCUT2D eigenvalue weighted by Crippen LogP contribution is 2.20. The Kier molecular flexibility index (Phi) is 2.89. The molecule has 0 amide bonds. The van der Waals surface area contributed by atoms with Gasteiger partial charge in [-0.15, -0.1) is 0 Å². The van der Waals surface area contributed by atoms with Crippen LogP contribution in [0.1, 0.15) is 5.56 Å². The van der Waals surface area contributed by atoms with Crippen molar-refractivity contribution in [1.29, 1.82) is 5.26 Å². The molecule has 12 heavy (non-hydrogen) atoms. The maximum Gasteiger partial charge on any atom is 0.162 e. The molecule has 0 aromatic heterocycles. The molecule has 0 aliphatic carbocycles. The van der Waals surface area contributed by atoms with E-state index in [2.05, 4.69) is 0 Å². The molecule has 1 aromatic rings. The predicted molar refractivity (Wildman–Crippen MR) is 42.5 cm³/mol. The van der Waals surface area contributed by atoms with Crippen LogP contribution in [0.25, 0.3) is 0 Å². The van der Waals surface area contributed by atoms with E-state index in [9.17, 15) is 4.39 Å². The Morgan fingerprint density at radius 3 is 2.92 bits per heavy atom. The van der Waals surface area contributed by atoms with E-state index in [-0.39, 0.29) is 17.4 Å². The summed E-state index contributed by atoms with van der Waals surface area (Å²) in [4.78, 5) is 0. The summed E-state index contributed by atoms with van der Waals surface area (Å²) in [7, 11) is 0. The van der Waals surface area contributed by atoms with Crippen LogP contribution in [0.15, 0.2) is 18.2 Å². The predicted octanol–water partition coefficient (Wildman–Crippen LogP) is 2.27. The number of benzene rings is 1. The Morgan fingerprint density at radius 1 is 1.58 bits per heavy atom. The van der Waals surface area contributed by atoms with Gasteiger partial charge in [-0.1, -0.05) is 17.7 Å². The summed E-state index contributed by atoms with van der Waals surface area (Å²) < 4.78 is 17.6. The quantitative estimate of drug-likeness (QED) is 0.663. The van der Waals surface area contributed by atoms with Crippen LogP contribution in [0.4, 0.5) is 4.39 Å². The molecule has 0 unspecified atom stereocenters. The maximum atomic E-state index is 12.8. The zero-order chi connectivity index (χ0) is 8.97. The minimum absolute atomic E-state index is 0.0991. The highest BCUT2D eigenvalue weighted by atomic mass is 35.5. The topological polar surface area (TPSA) is 33.0 Å². The van der Waals surface area contributed by atoms with Crippen LogP contribution < -0.4 is 4.74 Å². The number of alkyl halides is 1. The molecule has 0 aliphatic rings. The summed E-state index contributed by atoms with van der Waals surface area (Å²) in [5.74, 6) is -0.424. The van der Waals surface area contributed by atoms with Gasteiger partial charge < -0.3 is 4.74 Å². The average molecular weight is 186 g/mol. The van der Waals surface area contributed by atoms with E-state index < -0.39 is 5.82 Å². The third kappa shape index (κ3) is 1.66. The standard InChI is InChI=1S/C8H5ClFNO/c9-5-12-8-3-1-2-7(10)6(8)4-11/h1-3H,5H2. The van der Waals surface area contributed by atoms with Gasteiger partial charge in [-0.05, 0) is 12.1 Å². The molecular weight excluding hydrogens is 181 g/mol. The normalized spacial score (nSPS) is 9.08. The van der Waals surface area contributed by atoms with Gasteiger partial charge in [0.05, 0.1) is 0 Å². The fourth-order valence-electron chi connectivity index (χ4n) is 0.792. The highest BCUT2D eigenvalue weighted by Gasteiger charge is 2.07. The van der Waals surface area contributed by atoms with Gasteiger partial charge in [-0.25, -0.2) is 4.39 Å². The van der Waals surface area contributed by atoms with Crippen molar-refractivity contribution in [2.45, 2.75) is 0 Å². The summed E-state index contributed by atoms with van der Waals surface area (Å²) in [5.41, 5.74) is -0.113. The van der Waals surface area contributed by atoms with E-state index >= 15 is 0 Å². The highest BCUT2D eigenvalue weighted by molar-refractivity contribution is 6.17. The second-order valence-corrected chi connectivity index (χ2v) is 2.20. The summed E-state index contributed by atoms with van der Waals surface area (Å²) in [5, 5.41) is 8.51. The monoisotopic (exact) mass is 185 g/mol. The molecule has 1 rings (SSSR count). The number of halogens is 2. The molecule has 0 bridgehead atoms. The van der Waals surface area contributed by atoms with Crippen LogP contribution in [0.3, 0.4) is 0 Å². The summed E-state index contributed by atoms with van der Waals surface area (Å²) in [6.07, 6.45) is 0. The molecule has 4 heteroatoms. The Bertz CT molecular complexity index is 321. The van der Waals surface area contributed by atoms with E-state index in [4.69, 9.17) is 21.6 Å². The first kappa shape index (κ1) is 8.82. The third-order valence-electron chi connectivity index (χ3n) is 1.30. The first-order valence-electron chi connectivity index (χ1n) is 3.17. The van der Waals surface area contributed by atoms with Gasteiger partial charge in [0, 0.05) is 0 Å². The molecule has 0 spiro atoms. The second kappa shape index (κ2) is 3.93. The molecule has 0 radical (unpaired) electrons. The molecule has 1 aromatic carbocycles. The van der Waals surface area contributed by atoms with Crippen molar-refractivity contribution in [2.24, 2.45) is 0 Å². The fourth-order valence-corrected chi connectivity index (χ4v) is 0.909. The summed E-state index contributed by atoms with van der Waals surface area (Å²) in [6, 6.07) is 5.73. The Labute approximate surface area is 74.1 Å². The summed E-state index contributed by atoms with van der Waals surface area (Å²) in [6.45, 7) is 0. The Balaban J connectivity index is 3.11. The van der Waals surface area contributed by atoms with Crippen LogP contribution >= 0.6 is 11.6 Å². The van der Waals surface area contributed by atoms with Gasteiger partial charge in [0.15, 0.2) is 6.07 Å². The number of ether oxygens (including phenoxy) is 1. The Morgan fingerprint density at radius 2 is 2.33 bits per heavy atom. The van der Waals surface area contributed by atoms with Crippen LogP contribution in [-0.2, 0) is 0 Å². The molecule has 0 heterocycles. The molecule has 0 atom stereocenters. The molecule has 62 valence electrons. The fraction of sp³-hybridized carbons (Fsp3) is 0.125. The molecule has 0 fully saturated rings. The molecule has 2 nitrogen and oxygen atoms in total. The lowest BCUT2D eigenvalue weighted by Crippen LogP contribution is -1.94. The van der Waals surface area contributed by atoms with Gasteiger partial charge in [0.25, 0.3) is 0 Å². The Hall–Kier alpha value is -1.27. The van der Waals surface area contributed by atoms with Crippen molar-refractivity contribution >= 4 is 11.6 Å². The zero-order valence-corrected chi connectivity index (χ0v) is 6.81. The first-order valence-corrected chi connectivity index (χ1v) is 3.70. The minimum atomic E-state index is -0.597. The van der Waals surface area contributed by atoms with E-state index in [1.807, 2.05) is 0 Å². The molecule has 0 aliphatic heterocycles. The molecule has 0 saturated heterocycles. The maximum absolute atomic E-state index is 12.8. The van der Waals surface area contributed by atoms with Crippen molar-refractivity contribution in [3.8, 4) is 11.8 Å². The van der Waals surface area contributed by atoms with Crippen LogP contribution in [0, 0.1) is 17.1 Å².